The van der Waals surface area contributed by atoms with Gasteiger partial charge in [0, 0.05) is 24.8 Å². The maximum absolute atomic E-state index is 4.54. The summed E-state index contributed by atoms with van der Waals surface area (Å²) in [4.78, 5) is 7.12. The first kappa shape index (κ1) is 13.1. The predicted molar refractivity (Wildman–Crippen MR) is 83.5 cm³/mol. The second-order valence-electron chi connectivity index (χ2n) is 6.71. The largest absolute Gasteiger partial charge is 0.353 e. The van der Waals surface area contributed by atoms with E-state index >= 15 is 0 Å². The van der Waals surface area contributed by atoms with Crippen LogP contribution >= 0.6 is 0 Å². The van der Waals surface area contributed by atoms with E-state index in [2.05, 4.69) is 40.3 Å². The smallest absolute Gasteiger partial charge is 0.243 e. The Hall–Kier alpha value is -1.62. The van der Waals surface area contributed by atoms with Crippen molar-refractivity contribution in [1.82, 2.24) is 19.5 Å². The molecule has 2 unspecified atom stereocenters. The van der Waals surface area contributed by atoms with Gasteiger partial charge in [-0.15, -0.1) is 5.10 Å². The van der Waals surface area contributed by atoms with Crippen molar-refractivity contribution in [1.29, 1.82) is 0 Å². The Morgan fingerprint density at radius 2 is 2.00 bits per heavy atom. The molecule has 2 atom stereocenters. The van der Waals surface area contributed by atoms with Crippen LogP contribution in [0.15, 0.2) is 18.3 Å². The molecule has 2 bridgehead atoms. The number of nitrogens with zero attached hydrogens (tertiary/aromatic N) is 4. The van der Waals surface area contributed by atoms with Crippen LogP contribution in [0.5, 0.6) is 0 Å². The number of aryl methyl sites for hydroxylation is 1. The Labute approximate surface area is 125 Å². The van der Waals surface area contributed by atoms with Gasteiger partial charge in [0.1, 0.15) is 0 Å². The molecule has 112 valence electrons. The number of piperidine rings is 1. The Morgan fingerprint density at radius 3 is 2.76 bits per heavy atom. The third kappa shape index (κ3) is 2.39. The Balaban J connectivity index is 1.42. The topological polar surface area (TPSA) is 45.5 Å². The standard InChI is InChI=1S/C16H23N5/c1-11-3-6-15-18-16(19-21(15)10-11)17-9-12-7-13-4-5-14(8-12)20(13)2/h3,6,10,12-14H,4-5,7-9H2,1-2H3,(H,17,19). The second kappa shape index (κ2) is 4.98. The van der Waals surface area contributed by atoms with Crippen molar-refractivity contribution in [2.45, 2.75) is 44.7 Å². The zero-order valence-electron chi connectivity index (χ0n) is 12.8. The average Bonchev–Trinajstić information content (AvgIpc) is 2.93. The SMILES string of the molecule is Cc1ccc2nc(NCC3CC4CCC(C3)N4C)nn2c1. The number of hydrogen-bond acceptors (Lipinski definition) is 4. The van der Waals surface area contributed by atoms with Gasteiger partial charge in [0.15, 0.2) is 5.65 Å². The minimum atomic E-state index is 0.756. The van der Waals surface area contributed by atoms with Crippen molar-refractivity contribution in [2.24, 2.45) is 5.92 Å². The van der Waals surface area contributed by atoms with Crippen molar-refractivity contribution in [2.75, 3.05) is 18.9 Å². The lowest BCUT2D eigenvalue weighted by Gasteiger charge is -2.36. The fraction of sp³-hybridized carbons (Fsp3) is 0.625. The van der Waals surface area contributed by atoms with Crippen molar-refractivity contribution in [3.05, 3.63) is 23.9 Å². The Morgan fingerprint density at radius 1 is 1.24 bits per heavy atom. The molecule has 5 heteroatoms. The maximum atomic E-state index is 4.54. The van der Waals surface area contributed by atoms with Crippen molar-refractivity contribution in [3.8, 4) is 0 Å². The van der Waals surface area contributed by atoms with Crippen LogP contribution in [-0.2, 0) is 0 Å². The Kier molecular flexibility index (Phi) is 3.10. The first-order valence-corrected chi connectivity index (χ1v) is 7.98. The number of fused-ring (bicyclic) bond motifs is 3. The molecule has 2 aliphatic heterocycles. The average molecular weight is 285 g/mol. The summed E-state index contributed by atoms with van der Waals surface area (Å²) in [5, 5.41) is 7.96. The molecule has 1 N–H and O–H groups in total. The molecular weight excluding hydrogens is 262 g/mol. The van der Waals surface area contributed by atoms with E-state index < -0.39 is 0 Å². The summed E-state index contributed by atoms with van der Waals surface area (Å²) < 4.78 is 1.86. The van der Waals surface area contributed by atoms with Crippen molar-refractivity contribution >= 4 is 11.6 Å². The van der Waals surface area contributed by atoms with Crippen LogP contribution in [0.3, 0.4) is 0 Å². The maximum Gasteiger partial charge on any atom is 0.243 e. The molecule has 4 rings (SSSR count). The van der Waals surface area contributed by atoms with Gasteiger partial charge in [-0.2, -0.15) is 4.98 Å². The van der Waals surface area contributed by atoms with Crippen molar-refractivity contribution in [3.63, 3.8) is 0 Å². The van der Waals surface area contributed by atoms with Gasteiger partial charge < -0.3 is 10.2 Å². The summed E-state index contributed by atoms with van der Waals surface area (Å²) in [5.74, 6) is 1.51. The van der Waals surface area contributed by atoms with Crippen LogP contribution < -0.4 is 5.32 Å². The first-order valence-electron chi connectivity index (χ1n) is 7.98. The molecular formula is C16H23N5. The number of aromatic nitrogens is 3. The fourth-order valence-corrected chi connectivity index (χ4v) is 3.99. The number of rotatable bonds is 3. The number of nitrogens with one attached hydrogen (secondary N) is 1. The third-order valence-corrected chi connectivity index (χ3v) is 5.22. The first-order chi connectivity index (χ1) is 10.2. The second-order valence-corrected chi connectivity index (χ2v) is 6.71. The van der Waals surface area contributed by atoms with Crippen molar-refractivity contribution < 1.29 is 0 Å². The summed E-state index contributed by atoms with van der Waals surface area (Å²) in [5.41, 5.74) is 2.11. The lowest BCUT2D eigenvalue weighted by atomic mass is 9.91. The van der Waals surface area contributed by atoms with E-state index in [-0.39, 0.29) is 0 Å². The molecule has 2 saturated heterocycles. The van der Waals surface area contributed by atoms with Gasteiger partial charge in [-0.1, -0.05) is 6.07 Å². The molecule has 2 fully saturated rings. The molecule has 0 radical (unpaired) electrons. The van der Waals surface area contributed by atoms with Gasteiger partial charge in [0.25, 0.3) is 0 Å². The normalized spacial score (nSPS) is 29.1. The van der Waals surface area contributed by atoms with Crippen LogP contribution in [0.25, 0.3) is 5.65 Å². The fourth-order valence-electron chi connectivity index (χ4n) is 3.99. The van der Waals surface area contributed by atoms with Crippen LogP contribution in [-0.4, -0.2) is 45.2 Å². The highest BCUT2D eigenvalue weighted by Crippen LogP contribution is 2.37. The summed E-state index contributed by atoms with van der Waals surface area (Å²) in [6.07, 6.45) is 7.40. The molecule has 2 aromatic heterocycles. The molecule has 5 nitrogen and oxygen atoms in total. The molecule has 0 spiro atoms. The molecule has 0 aliphatic carbocycles. The highest BCUT2D eigenvalue weighted by Gasteiger charge is 2.38. The minimum absolute atomic E-state index is 0.756. The molecule has 4 heterocycles. The van der Waals surface area contributed by atoms with Crippen LogP contribution in [0.1, 0.15) is 31.2 Å². The number of pyridine rings is 1. The van der Waals surface area contributed by atoms with E-state index in [0.717, 1.165) is 36.1 Å². The van der Waals surface area contributed by atoms with Gasteiger partial charge in [0.05, 0.1) is 0 Å². The monoisotopic (exact) mass is 285 g/mol. The molecule has 2 aromatic rings. The Bertz CT molecular complexity index is 635. The zero-order chi connectivity index (χ0) is 14.4. The number of anilines is 1. The van der Waals surface area contributed by atoms with E-state index in [1.54, 1.807) is 0 Å². The minimum Gasteiger partial charge on any atom is -0.353 e. The quantitative estimate of drug-likeness (QED) is 0.940. The lowest BCUT2D eigenvalue weighted by molar-refractivity contribution is 0.139. The van der Waals surface area contributed by atoms with Gasteiger partial charge in [-0.3, -0.25) is 0 Å². The van der Waals surface area contributed by atoms with E-state index in [9.17, 15) is 0 Å². The molecule has 2 aliphatic rings. The summed E-state index contributed by atoms with van der Waals surface area (Å²) in [6, 6.07) is 5.69. The van der Waals surface area contributed by atoms with E-state index in [1.807, 2.05) is 16.8 Å². The van der Waals surface area contributed by atoms with E-state index in [4.69, 9.17) is 0 Å². The lowest BCUT2D eigenvalue weighted by Crippen LogP contribution is -2.41. The predicted octanol–water partition coefficient (Wildman–Crippen LogP) is 2.32. The van der Waals surface area contributed by atoms with Crippen LogP contribution in [0, 0.1) is 12.8 Å². The van der Waals surface area contributed by atoms with E-state index in [0.29, 0.717) is 0 Å². The highest BCUT2D eigenvalue weighted by atomic mass is 15.3. The van der Waals surface area contributed by atoms with Crippen LogP contribution in [0.4, 0.5) is 5.95 Å². The summed E-state index contributed by atoms with van der Waals surface area (Å²) in [6.45, 7) is 3.07. The van der Waals surface area contributed by atoms with E-state index in [1.165, 1.54) is 31.2 Å². The van der Waals surface area contributed by atoms with Gasteiger partial charge in [-0.05, 0) is 57.2 Å². The molecule has 0 aromatic carbocycles. The third-order valence-electron chi connectivity index (χ3n) is 5.22. The van der Waals surface area contributed by atoms with Gasteiger partial charge in [-0.25, -0.2) is 4.52 Å². The highest BCUT2D eigenvalue weighted by molar-refractivity contribution is 5.44. The zero-order valence-corrected chi connectivity index (χ0v) is 12.8. The molecule has 0 saturated carbocycles. The summed E-state index contributed by atoms with van der Waals surface area (Å²) >= 11 is 0. The van der Waals surface area contributed by atoms with Gasteiger partial charge in [0.2, 0.25) is 5.95 Å². The van der Waals surface area contributed by atoms with Gasteiger partial charge >= 0.3 is 0 Å². The number of hydrogen-bond donors (Lipinski definition) is 1. The summed E-state index contributed by atoms with van der Waals surface area (Å²) in [7, 11) is 2.29. The molecule has 21 heavy (non-hydrogen) atoms. The van der Waals surface area contributed by atoms with Crippen LogP contribution in [0.2, 0.25) is 0 Å². The molecule has 0 amide bonds.